The lowest BCUT2D eigenvalue weighted by Gasteiger charge is -2.29. The molecule has 3 heterocycles. The first-order chi connectivity index (χ1) is 15.9. The number of hydrogen-bond donors (Lipinski definition) is 3. The van der Waals surface area contributed by atoms with Gasteiger partial charge in [-0.1, -0.05) is 26.7 Å². The SMILES string of the molecule is CC(C)CCC1CCC(Nc2nc(NC3CC3)n3ncc(/C=C4\CC(=O)NC4=O)c3n2)CC1. The van der Waals surface area contributed by atoms with E-state index >= 15 is 0 Å². The smallest absolute Gasteiger partial charge is 0.254 e. The summed E-state index contributed by atoms with van der Waals surface area (Å²) in [6.07, 6.45) is 13.1. The van der Waals surface area contributed by atoms with Gasteiger partial charge in [0.05, 0.1) is 12.6 Å². The van der Waals surface area contributed by atoms with Crippen molar-refractivity contribution in [3.05, 3.63) is 17.3 Å². The number of nitrogens with zero attached hydrogens (tertiary/aromatic N) is 4. The highest BCUT2D eigenvalue weighted by Crippen LogP contribution is 2.31. The second-order valence-corrected chi connectivity index (χ2v) is 10.2. The minimum Gasteiger partial charge on any atom is -0.351 e. The zero-order chi connectivity index (χ0) is 22.9. The molecule has 176 valence electrons. The van der Waals surface area contributed by atoms with Crippen LogP contribution in [0.1, 0.15) is 77.2 Å². The maximum Gasteiger partial charge on any atom is 0.254 e. The number of fused-ring (bicyclic) bond motifs is 1. The first-order valence-electron chi connectivity index (χ1n) is 12.3. The molecule has 2 aromatic rings. The summed E-state index contributed by atoms with van der Waals surface area (Å²) in [5, 5.41) is 13.8. The monoisotopic (exact) mass is 451 g/mol. The van der Waals surface area contributed by atoms with Gasteiger partial charge in [-0.2, -0.15) is 19.6 Å². The average molecular weight is 452 g/mol. The third-order valence-corrected chi connectivity index (χ3v) is 6.86. The Balaban J connectivity index is 1.36. The lowest BCUT2D eigenvalue weighted by Crippen LogP contribution is -2.27. The number of anilines is 2. The van der Waals surface area contributed by atoms with Crippen LogP contribution in [0.2, 0.25) is 0 Å². The third kappa shape index (κ3) is 5.17. The van der Waals surface area contributed by atoms with E-state index < -0.39 is 0 Å². The van der Waals surface area contributed by atoms with Crippen molar-refractivity contribution in [2.45, 2.75) is 83.7 Å². The van der Waals surface area contributed by atoms with Crippen LogP contribution in [0.3, 0.4) is 0 Å². The van der Waals surface area contributed by atoms with Crippen molar-refractivity contribution in [1.82, 2.24) is 24.9 Å². The molecule has 3 aliphatic rings. The average Bonchev–Trinajstić information content (AvgIpc) is 3.42. The van der Waals surface area contributed by atoms with Gasteiger partial charge < -0.3 is 10.6 Å². The van der Waals surface area contributed by atoms with Crippen molar-refractivity contribution >= 4 is 35.4 Å². The Bertz CT molecular complexity index is 1080. The van der Waals surface area contributed by atoms with E-state index in [0.29, 0.717) is 40.8 Å². The molecule has 3 N–H and O–H groups in total. The summed E-state index contributed by atoms with van der Waals surface area (Å²) >= 11 is 0. The number of aromatic nitrogens is 4. The lowest BCUT2D eigenvalue weighted by atomic mass is 9.82. The van der Waals surface area contributed by atoms with E-state index in [-0.39, 0.29) is 18.2 Å². The molecule has 0 bridgehead atoms. The van der Waals surface area contributed by atoms with Crippen molar-refractivity contribution in [3.8, 4) is 0 Å². The van der Waals surface area contributed by atoms with Gasteiger partial charge in [-0.15, -0.1) is 0 Å². The number of imide groups is 1. The van der Waals surface area contributed by atoms with E-state index in [1.165, 1.54) is 25.7 Å². The van der Waals surface area contributed by atoms with Gasteiger partial charge in [0.2, 0.25) is 17.8 Å². The highest BCUT2D eigenvalue weighted by molar-refractivity contribution is 6.15. The van der Waals surface area contributed by atoms with Crippen LogP contribution in [0.5, 0.6) is 0 Å². The van der Waals surface area contributed by atoms with E-state index in [1.807, 2.05) is 0 Å². The van der Waals surface area contributed by atoms with Crippen molar-refractivity contribution < 1.29 is 9.59 Å². The standard InChI is InChI=1S/C24H33N7O2/c1-14(2)3-4-15-5-7-18(8-6-15)26-23-29-21-17(11-16-12-20(32)28-22(16)33)13-25-31(21)24(30-23)27-19-9-10-19/h11,13-15,18-19H,3-10,12H2,1-2H3,(H,28,32,33)(H2,26,27,29,30)/b16-11+. The van der Waals surface area contributed by atoms with E-state index in [1.54, 1.807) is 16.8 Å². The van der Waals surface area contributed by atoms with Crippen LogP contribution in [0.4, 0.5) is 11.9 Å². The molecule has 0 unspecified atom stereocenters. The molecule has 3 fully saturated rings. The van der Waals surface area contributed by atoms with Crippen LogP contribution in [-0.2, 0) is 9.59 Å². The van der Waals surface area contributed by atoms with Crippen LogP contribution >= 0.6 is 0 Å². The molecule has 2 aliphatic carbocycles. The van der Waals surface area contributed by atoms with Crippen LogP contribution in [0, 0.1) is 11.8 Å². The zero-order valence-corrected chi connectivity index (χ0v) is 19.4. The molecule has 9 heteroatoms. The Labute approximate surface area is 193 Å². The number of hydrogen-bond acceptors (Lipinski definition) is 7. The van der Waals surface area contributed by atoms with Crippen LogP contribution < -0.4 is 16.0 Å². The van der Waals surface area contributed by atoms with Gasteiger partial charge in [-0.05, 0) is 56.4 Å². The number of amides is 2. The van der Waals surface area contributed by atoms with Crippen molar-refractivity contribution in [2.24, 2.45) is 11.8 Å². The molecule has 9 nitrogen and oxygen atoms in total. The first-order valence-corrected chi connectivity index (χ1v) is 12.3. The van der Waals surface area contributed by atoms with Gasteiger partial charge in [-0.25, -0.2) is 0 Å². The molecular weight excluding hydrogens is 418 g/mol. The molecule has 2 amide bonds. The fourth-order valence-electron chi connectivity index (χ4n) is 4.72. The Morgan fingerprint density at radius 3 is 2.48 bits per heavy atom. The number of carbonyl (C=O) groups excluding carboxylic acids is 2. The molecule has 0 aromatic carbocycles. The molecule has 33 heavy (non-hydrogen) atoms. The predicted molar refractivity (Wildman–Crippen MR) is 127 cm³/mol. The third-order valence-electron chi connectivity index (χ3n) is 6.86. The number of nitrogens with one attached hydrogen (secondary N) is 3. The molecule has 2 saturated carbocycles. The van der Waals surface area contributed by atoms with Crippen molar-refractivity contribution in [2.75, 3.05) is 10.6 Å². The van der Waals surface area contributed by atoms with Gasteiger partial charge in [0, 0.05) is 23.2 Å². The topological polar surface area (TPSA) is 113 Å². The summed E-state index contributed by atoms with van der Waals surface area (Å²) in [5.74, 6) is 2.22. The Morgan fingerprint density at radius 1 is 1.09 bits per heavy atom. The highest BCUT2D eigenvalue weighted by atomic mass is 16.2. The Morgan fingerprint density at radius 2 is 1.82 bits per heavy atom. The van der Waals surface area contributed by atoms with E-state index in [2.05, 4.69) is 34.9 Å². The maximum absolute atomic E-state index is 12.0. The highest BCUT2D eigenvalue weighted by Gasteiger charge is 2.27. The molecule has 0 spiro atoms. The summed E-state index contributed by atoms with van der Waals surface area (Å²) in [6.45, 7) is 4.59. The second-order valence-electron chi connectivity index (χ2n) is 10.2. The van der Waals surface area contributed by atoms with Gasteiger partial charge in [-0.3, -0.25) is 14.9 Å². The molecule has 5 rings (SSSR count). The summed E-state index contributed by atoms with van der Waals surface area (Å²) in [6, 6.07) is 0.774. The Kier molecular flexibility index (Phi) is 6.03. The quantitative estimate of drug-likeness (QED) is 0.416. The van der Waals surface area contributed by atoms with Crippen molar-refractivity contribution in [3.63, 3.8) is 0 Å². The molecule has 1 saturated heterocycles. The summed E-state index contributed by atoms with van der Waals surface area (Å²) < 4.78 is 1.69. The minimum absolute atomic E-state index is 0.0829. The van der Waals surface area contributed by atoms with Crippen molar-refractivity contribution in [1.29, 1.82) is 0 Å². The summed E-state index contributed by atoms with van der Waals surface area (Å²) in [5.41, 5.74) is 1.76. The molecule has 1 aliphatic heterocycles. The Hall–Kier alpha value is -2.97. The van der Waals surface area contributed by atoms with Crippen LogP contribution in [0.25, 0.3) is 11.7 Å². The van der Waals surface area contributed by atoms with E-state index in [0.717, 1.165) is 37.5 Å². The molecule has 2 aromatic heterocycles. The normalized spacial score (nSPS) is 24.6. The lowest BCUT2D eigenvalue weighted by molar-refractivity contribution is -0.124. The van der Waals surface area contributed by atoms with Crippen LogP contribution in [-0.4, -0.2) is 43.5 Å². The van der Waals surface area contributed by atoms with Gasteiger partial charge >= 0.3 is 0 Å². The zero-order valence-electron chi connectivity index (χ0n) is 19.4. The first kappa shape index (κ1) is 21.9. The maximum atomic E-state index is 12.0. The predicted octanol–water partition coefficient (Wildman–Crippen LogP) is 3.54. The van der Waals surface area contributed by atoms with E-state index in [4.69, 9.17) is 9.97 Å². The fourth-order valence-corrected chi connectivity index (χ4v) is 4.72. The molecular formula is C24H33N7O2. The van der Waals surface area contributed by atoms with Crippen LogP contribution in [0.15, 0.2) is 11.8 Å². The van der Waals surface area contributed by atoms with Gasteiger partial charge in [0.15, 0.2) is 5.65 Å². The largest absolute Gasteiger partial charge is 0.351 e. The molecule has 0 atom stereocenters. The number of rotatable bonds is 8. The number of carbonyl (C=O) groups is 2. The van der Waals surface area contributed by atoms with Gasteiger partial charge in [0.1, 0.15) is 0 Å². The fraction of sp³-hybridized carbons (Fsp3) is 0.625. The minimum atomic E-state index is -0.350. The second kappa shape index (κ2) is 9.11. The van der Waals surface area contributed by atoms with Gasteiger partial charge in [0.25, 0.3) is 5.91 Å². The summed E-state index contributed by atoms with van der Waals surface area (Å²) in [7, 11) is 0. The molecule has 0 radical (unpaired) electrons. The summed E-state index contributed by atoms with van der Waals surface area (Å²) in [4.78, 5) is 33.1. The van der Waals surface area contributed by atoms with E-state index in [9.17, 15) is 9.59 Å².